The SMILES string of the molecule is Cn1cc(C(=O)N2CCCC(C(=O)CCc3ccccc3)C2)cn1. The molecule has 0 bridgehead atoms. The molecule has 5 heteroatoms. The molecule has 1 saturated heterocycles. The highest BCUT2D eigenvalue weighted by molar-refractivity contribution is 5.94. The first-order valence-corrected chi connectivity index (χ1v) is 8.48. The number of carbonyl (C=O) groups excluding carboxylic acids is 2. The maximum atomic E-state index is 12.5. The monoisotopic (exact) mass is 325 g/mol. The Bertz CT molecular complexity index is 708. The van der Waals surface area contributed by atoms with Crippen LogP contribution in [0.5, 0.6) is 0 Å². The Labute approximate surface area is 142 Å². The van der Waals surface area contributed by atoms with Gasteiger partial charge in [0.15, 0.2) is 0 Å². The summed E-state index contributed by atoms with van der Waals surface area (Å²) in [7, 11) is 1.79. The first kappa shape index (κ1) is 16.4. The van der Waals surface area contributed by atoms with Crippen LogP contribution in [-0.4, -0.2) is 39.5 Å². The van der Waals surface area contributed by atoms with Gasteiger partial charge in [0.25, 0.3) is 5.91 Å². The number of nitrogens with zero attached hydrogens (tertiary/aromatic N) is 3. The van der Waals surface area contributed by atoms with Gasteiger partial charge >= 0.3 is 0 Å². The van der Waals surface area contributed by atoms with E-state index in [0.717, 1.165) is 25.8 Å². The number of aryl methyl sites for hydroxylation is 2. The van der Waals surface area contributed by atoms with Gasteiger partial charge in [0.1, 0.15) is 5.78 Å². The number of likely N-dealkylation sites (tertiary alicyclic amines) is 1. The molecule has 1 amide bonds. The molecule has 2 aromatic rings. The van der Waals surface area contributed by atoms with E-state index >= 15 is 0 Å². The van der Waals surface area contributed by atoms with Crippen molar-refractivity contribution in [2.75, 3.05) is 13.1 Å². The lowest BCUT2D eigenvalue weighted by atomic mass is 9.90. The predicted molar refractivity (Wildman–Crippen MR) is 91.6 cm³/mol. The average Bonchev–Trinajstić information content (AvgIpc) is 3.06. The van der Waals surface area contributed by atoms with Gasteiger partial charge in [-0.2, -0.15) is 5.10 Å². The van der Waals surface area contributed by atoms with Crippen molar-refractivity contribution in [3.63, 3.8) is 0 Å². The Balaban J connectivity index is 1.56. The van der Waals surface area contributed by atoms with Gasteiger partial charge in [-0.05, 0) is 24.8 Å². The molecule has 1 aliphatic heterocycles. The average molecular weight is 325 g/mol. The molecular weight excluding hydrogens is 302 g/mol. The fraction of sp³-hybridized carbons (Fsp3) is 0.421. The normalized spacial score (nSPS) is 17.7. The summed E-state index contributed by atoms with van der Waals surface area (Å²) in [6, 6.07) is 10.1. The van der Waals surface area contributed by atoms with Gasteiger partial charge in [-0.25, -0.2) is 0 Å². The fourth-order valence-corrected chi connectivity index (χ4v) is 3.25. The first-order valence-electron chi connectivity index (χ1n) is 8.48. The van der Waals surface area contributed by atoms with Gasteiger partial charge < -0.3 is 4.90 Å². The summed E-state index contributed by atoms with van der Waals surface area (Å²) < 4.78 is 1.62. The highest BCUT2D eigenvalue weighted by Crippen LogP contribution is 2.21. The van der Waals surface area contributed by atoms with Gasteiger partial charge in [0.05, 0.1) is 11.8 Å². The second-order valence-corrected chi connectivity index (χ2v) is 6.44. The smallest absolute Gasteiger partial charge is 0.257 e. The molecule has 1 aromatic carbocycles. The van der Waals surface area contributed by atoms with Crippen molar-refractivity contribution in [3.8, 4) is 0 Å². The molecule has 2 heterocycles. The number of aromatic nitrogens is 2. The van der Waals surface area contributed by atoms with Gasteiger partial charge in [0, 0.05) is 38.7 Å². The van der Waals surface area contributed by atoms with Crippen LogP contribution >= 0.6 is 0 Å². The molecule has 1 atom stereocenters. The molecule has 0 saturated carbocycles. The number of hydrogen-bond acceptors (Lipinski definition) is 3. The second kappa shape index (κ2) is 7.43. The molecule has 1 unspecified atom stereocenters. The van der Waals surface area contributed by atoms with Gasteiger partial charge in [0.2, 0.25) is 0 Å². The minimum atomic E-state index is -0.0388. The van der Waals surface area contributed by atoms with E-state index in [0.29, 0.717) is 18.5 Å². The topological polar surface area (TPSA) is 55.2 Å². The van der Waals surface area contributed by atoms with Crippen molar-refractivity contribution in [2.45, 2.75) is 25.7 Å². The van der Waals surface area contributed by atoms with Crippen LogP contribution in [0.1, 0.15) is 35.2 Å². The van der Waals surface area contributed by atoms with Gasteiger partial charge in [-0.1, -0.05) is 30.3 Å². The van der Waals surface area contributed by atoms with E-state index in [1.807, 2.05) is 30.3 Å². The molecular formula is C19H23N3O2. The van der Waals surface area contributed by atoms with Crippen LogP contribution in [0.25, 0.3) is 0 Å². The van der Waals surface area contributed by atoms with Crippen molar-refractivity contribution in [3.05, 3.63) is 53.9 Å². The van der Waals surface area contributed by atoms with Crippen molar-refractivity contribution in [2.24, 2.45) is 13.0 Å². The number of ketones is 1. The lowest BCUT2D eigenvalue weighted by Gasteiger charge is -2.31. The molecule has 0 spiro atoms. The molecule has 1 fully saturated rings. The quantitative estimate of drug-likeness (QED) is 0.848. The van der Waals surface area contributed by atoms with E-state index in [-0.39, 0.29) is 17.6 Å². The fourth-order valence-electron chi connectivity index (χ4n) is 3.25. The van der Waals surface area contributed by atoms with Gasteiger partial charge in [-0.15, -0.1) is 0 Å². The minimum Gasteiger partial charge on any atom is -0.338 e. The van der Waals surface area contributed by atoms with E-state index < -0.39 is 0 Å². The number of rotatable bonds is 5. The van der Waals surface area contributed by atoms with E-state index in [2.05, 4.69) is 5.10 Å². The highest BCUT2D eigenvalue weighted by atomic mass is 16.2. The number of hydrogen-bond donors (Lipinski definition) is 0. The summed E-state index contributed by atoms with van der Waals surface area (Å²) in [5.41, 5.74) is 1.78. The number of amides is 1. The van der Waals surface area contributed by atoms with Crippen LogP contribution in [0, 0.1) is 5.92 Å². The maximum Gasteiger partial charge on any atom is 0.257 e. The molecule has 0 aliphatic carbocycles. The van der Waals surface area contributed by atoms with Crippen LogP contribution in [0.3, 0.4) is 0 Å². The molecule has 126 valence electrons. The van der Waals surface area contributed by atoms with Crippen LogP contribution in [0.15, 0.2) is 42.7 Å². The summed E-state index contributed by atoms with van der Waals surface area (Å²) in [4.78, 5) is 26.8. The van der Waals surface area contributed by atoms with Crippen molar-refractivity contribution in [1.82, 2.24) is 14.7 Å². The first-order chi connectivity index (χ1) is 11.6. The maximum absolute atomic E-state index is 12.5. The third kappa shape index (κ3) is 3.91. The zero-order valence-electron chi connectivity index (χ0n) is 14.0. The number of carbonyl (C=O) groups is 2. The Hall–Kier alpha value is -2.43. The standard InChI is InChI=1S/C19H23N3O2/c1-21-13-17(12-20-21)19(24)22-11-5-8-16(14-22)18(23)10-9-15-6-3-2-4-7-15/h2-4,6-7,12-13,16H,5,8-11,14H2,1H3. The third-order valence-electron chi connectivity index (χ3n) is 4.62. The zero-order valence-corrected chi connectivity index (χ0v) is 14.0. The largest absolute Gasteiger partial charge is 0.338 e. The highest BCUT2D eigenvalue weighted by Gasteiger charge is 2.28. The van der Waals surface area contributed by atoms with E-state index in [9.17, 15) is 9.59 Å². The lowest BCUT2D eigenvalue weighted by molar-refractivity contribution is -0.124. The van der Waals surface area contributed by atoms with E-state index in [1.54, 1.807) is 29.0 Å². The van der Waals surface area contributed by atoms with E-state index in [1.165, 1.54) is 5.56 Å². The predicted octanol–water partition coefficient (Wildman–Crippen LogP) is 2.47. The van der Waals surface area contributed by atoms with Crippen molar-refractivity contribution >= 4 is 11.7 Å². The number of piperidine rings is 1. The Morgan fingerprint density at radius 2 is 2.04 bits per heavy atom. The van der Waals surface area contributed by atoms with Crippen LogP contribution in [-0.2, 0) is 18.3 Å². The molecule has 1 aromatic heterocycles. The van der Waals surface area contributed by atoms with Crippen molar-refractivity contribution in [1.29, 1.82) is 0 Å². The third-order valence-corrected chi connectivity index (χ3v) is 4.62. The summed E-state index contributed by atoms with van der Waals surface area (Å²) in [5.74, 6) is 0.203. The van der Waals surface area contributed by atoms with Crippen LogP contribution in [0.4, 0.5) is 0 Å². The summed E-state index contributed by atoms with van der Waals surface area (Å²) in [6.07, 6.45) is 6.39. The minimum absolute atomic E-state index is 0.0244. The molecule has 5 nitrogen and oxygen atoms in total. The van der Waals surface area contributed by atoms with Crippen molar-refractivity contribution < 1.29 is 9.59 Å². The summed E-state index contributed by atoms with van der Waals surface area (Å²) in [6.45, 7) is 1.25. The second-order valence-electron chi connectivity index (χ2n) is 6.44. The van der Waals surface area contributed by atoms with Crippen LogP contribution in [0.2, 0.25) is 0 Å². The Kier molecular flexibility index (Phi) is 5.08. The molecule has 3 rings (SSSR count). The number of Topliss-reactive ketones (excluding diaryl/α,β-unsaturated/α-hetero) is 1. The summed E-state index contributed by atoms with van der Waals surface area (Å²) >= 11 is 0. The van der Waals surface area contributed by atoms with Crippen LogP contribution < -0.4 is 0 Å². The molecule has 24 heavy (non-hydrogen) atoms. The zero-order chi connectivity index (χ0) is 16.9. The van der Waals surface area contributed by atoms with E-state index in [4.69, 9.17) is 0 Å². The summed E-state index contributed by atoms with van der Waals surface area (Å²) in [5, 5.41) is 4.05. The molecule has 0 N–H and O–H groups in total. The molecule has 1 aliphatic rings. The number of benzene rings is 1. The molecule has 0 radical (unpaired) electrons. The Morgan fingerprint density at radius 3 is 2.75 bits per heavy atom. The Morgan fingerprint density at radius 1 is 1.25 bits per heavy atom. The lowest BCUT2D eigenvalue weighted by Crippen LogP contribution is -2.42. The van der Waals surface area contributed by atoms with Gasteiger partial charge in [-0.3, -0.25) is 14.3 Å².